The highest BCUT2D eigenvalue weighted by molar-refractivity contribution is 4.91. The largest absolute Gasteiger partial charge is 0.394 e. The monoisotopic (exact) mass is 428 g/mol. The van der Waals surface area contributed by atoms with E-state index in [2.05, 4.69) is 13.0 Å². The smallest absolute Gasteiger partial charge is 0.115 e. The number of aliphatic hydroxyl groups excluding tert-OH is 3. The number of rotatable bonds is 20. The van der Waals surface area contributed by atoms with Gasteiger partial charge in [-0.15, -0.1) is 0 Å². The molecule has 5 nitrogen and oxygen atoms in total. The fourth-order valence-corrected chi connectivity index (χ4v) is 4.07. The summed E-state index contributed by atoms with van der Waals surface area (Å²) >= 11 is 0. The number of aliphatic hydroxyl groups is 3. The highest BCUT2D eigenvalue weighted by Crippen LogP contribution is 2.21. The van der Waals surface area contributed by atoms with Crippen molar-refractivity contribution in [1.82, 2.24) is 0 Å². The second kappa shape index (κ2) is 19.2. The zero-order valence-corrected chi connectivity index (χ0v) is 19.4. The topological polar surface area (TPSA) is 79.2 Å². The van der Waals surface area contributed by atoms with E-state index in [1.54, 1.807) is 0 Å². The lowest BCUT2D eigenvalue weighted by Gasteiger charge is -2.23. The summed E-state index contributed by atoms with van der Waals surface area (Å²) in [6.45, 7) is 2.40. The average molecular weight is 429 g/mol. The molecule has 1 heterocycles. The van der Waals surface area contributed by atoms with Crippen molar-refractivity contribution in [2.45, 2.75) is 128 Å². The summed E-state index contributed by atoms with van der Waals surface area (Å²) in [4.78, 5) is 0. The quantitative estimate of drug-likeness (QED) is 0.190. The molecule has 1 fully saturated rings. The van der Waals surface area contributed by atoms with Crippen LogP contribution < -0.4 is 0 Å². The van der Waals surface area contributed by atoms with E-state index in [0.717, 1.165) is 6.42 Å². The average Bonchev–Trinajstić information content (AvgIpc) is 3.12. The van der Waals surface area contributed by atoms with E-state index in [4.69, 9.17) is 14.6 Å². The minimum absolute atomic E-state index is 0.134. The first-order valence-electron chi connectivity index (χ1n) is 12.6. The molecule has 5 heteroatoms. The summed E-state index contributed by atoms with van der Waals surface area (Å²) < 4.78 is 11.0. The van der Waals surface area contributed by atoms with Crippen LogP contribution in [0.25, 0.3) is 0 Å². The zero-order chi connectivity index (χ0) is 21.9. The van der Waals surface area contributed by atoms with Crippen molar-refractivity contribution in [2.75, 3.05) is 19.8 Å². The van der Waals surface area contributed by atoms with Gasteiger partial charge in [0.1, 0.15) is 24.4 Å². The highest BCUT2D eigenvalue weighted by Gasteiger charge is 2.40. The molecule has 1 rings (SSSR count). The van der Waals surface area contributed by atoms with Gasteiger partial charge < -0.3 is 24.8 Å². The molecule has 178 valence electrons. The first-order valence-corrected chi connectivity index (χ1v) is 12.6. The molecule has 4 atom stereocenters. The van der Waals surface area contributed by atoms with Crippen LogP contribution in [0.15, 0.2) is 12.2 Å². The molecular formula is C25H48O5. The lowest BCUT2D eigenvalue weighted by atomic mass is 10.0. The first-order chi connectivity index (χ1) is 14.7. The molecule has 0 radical (unpaired) electrons. The van der Waals surface area contributed by atoms with Crippen LogP contribution in [0.3, 0.4) is 0 Å². The standard InChI is InChI=1S/C25H48O5/c1-2-3-4-5-6-7-8-9-10-11-12-13-14-15-16-17-18-19-29-25-23(28)21-30-24(25)22(27)20-26/h17-18,22-28H,2-16,19-21H2,1H3/b18-17+/t22-,23+,24-,25-/m1/s1. The normalized spacial score (nSPS) is 22.9. The van der Waals surface area contributed by atoms with Crippen molar-refractivity contribution in [1.29, 1.82) is 0 Å². The Balaban J connectivity index is 1.86. The Bertz CT molecular complexity index is 401. The van der Waals surface area contributed by atoms with Gasteiger partial charge in [-0.3, -0.25) is 0 Å². The van der Waals surface area contributed by atoms with Gasteiger partial charge in [0.15, 0.2) is 0 Å². The van der Waals surface area contributed by atoms with E-state index in [0.29, 0.717) is 6.61 Å². The third kappa shape index (κ3) is 13.1. The molecule has 3 N–H and O–H groups in total. The van der Waals surface area contributed by atoms with Gasteiger partial charge in [-0.05, 0) is 12.8 Å². The summed E-state index contributed by atoms with van der Waals surface area (Å²) in [5.74, 6) is 0. The molecule has 1 aliphatic rings. The number of allylic oxidation sites excluding steroid dienone is 1. The molecule has 0 aromatic carbocycles. The molecule has 0 amide bonds. The summed E-state index contributed by atoms with van der Waals surface area (Å²) in [5, 5.41) is 28.6. The summed E-state index contributed by atoms with van der Waals surface area (Å²) in [6, 6.07) is 0. The van der Waals surface area contributed by atoms with Crippen LogP contribution in [-0.4, -0.2) is 59.6 Å². The predicted octanol–water partition coefficient (Wildman–Crippen LogP) is 4.91. The maximum Gasteiger partial charge on any atom is 0.115 e. The van der Waals surface area contributed by atoms with Crippen molar-refractivity contribution in [3.05, 3.63) is 12.2 Å². The maximum absolute atomic E-state index is 9.88. The van der Waals surface area contributed by atoms with Gasteiger partial charge >= 0.3 is 0 Å². The van der Waals surface area contributed by atoms with Gasteiger partial charge in [-0.2, -0.15) is 0 Å². The molecule has 0 aromatic heterocycles. The van der Waals surface area contributed by atoms with E-state index >= 15 is 0 Å². The number of hydrogen-bond donors (Lipinski definition) is 3. The van der Waals surface area contributed by atoms with Crippen molar-refractivity contribution in [2.24, 2.45) is 0 Å². The molecule has 1 saturated heterocycles. The lowest BCUT2D eigenvalue weighted by Crippen LogP contribution is -2.42. The summed E-state index contributed by atoms with van der Waals surface area (Å²) in [6.07, 6.45) is 21.3. The molecule has 0 bridgehead atoms. The molecule has 0 aromatic rings. The Labute approximate surface area is 184 Å². The Morgan fingerprint density at radius 2 is 1.40 bits per heavy atom. The van der Waals surface area contributed by atoms with Gasteiger partial charge in [0.05, 0.1) is 19.8 Å². The fourth-order valence-electron chi connectivity index (χ4n) is 4.07. The van der Waals surface area contributed by atoms with Crippen LogP contribution in [0.4, 0.5) is 0 Å². The second-order valence-electron chi connectivity index (χ2n) is 8.77. The van der Waals surface area contributed by atoms with Gasteiger partial charge in [-0.25, -0.2) is 0 Å². The van der Waals surface area contributed by atoms with Crippen LogP contribution in [0, 0.1) is 0 Å². The molecule has 1 aliphatic heterocycles. The van der Waals surface area contributed by atoms with Crippen LogP contribution in [0.2, 0.25) is 0 Å². The lowest BCUT2D eigenvalue weighted by molar-refractivity contribution is -0.0879. The Morgan fingerprint density at radius 1 is 0.867 bits per heavy atom. The highest BCUT2D eigenvalue weighted by atomic mass is 16.6. The van der Waals surface area contributed by atoms with Crippen molar-refractivity contribution >= 4 is 0 Å². The first kappa shape index (κ1) is 27.6. The maximum atomic E-state index is 9.88. The Hall–Kier alpha value is -0.460. The molecule has 30 heavy (non-hydrogen) atoms. The minimum Gasteiger partial charge on any atom is -0.394 e. The van der Waals surface area contributed by atoms with Crippen LogP contribution in [0.5, 0.6) is 0 Å². The van der Waals surface area contributed by atoms with Gasteiger partial charge in [0, 0.05) is 0 Å². The fraction of sp³-hybridized carbons (Fsp3) is 0.920. The summed E-state index contributed by atoms with van der Waals surface area (Å²) in [7, 11) is 0. The SMILES string of the molecule is CCCCCCCCCCCCCCCC/C=C/CO[C@H]1[C@@H]([C@H](O)CO)OC[C@@H]1O. The van der Waals surface area contributed by atoms with Crippen molar-refractivity contribution in [3.8, 4) is 0 Å². The Morgan fingerprint density at radius 3 is 1.93 bits per heavy atom. The third-order valence-electron chi connectivity index (χ3n) is 6.00. The number of unbranched alkanes of at least 4 members (excludes halogenated alkanes) is 14. The molecule has 0 unspecified atom stereocenters. The second-order valence-corrected chi connectivity index (χ2v) is 8.77. The van der Waals surface area contributed by atoms with E-state index in [-0.39, 0.29) is 6.61 Å². The predicted molar refractivity (Wildman–Crippen MR) is 123 cm³/mol. The van der Waals surface area contributed by atoms with Crippen LogP contribution in [-0.2, 0) is 9.47 Å². The van der Waals surface area contributed by atoms with E-state index in [1.807, 2.05) is 6.08 Å². The minimum atomic E-state index is -1.02. The summed E-state index contributed by atoms with van der Waals surface area (Å²) in [5.41, 5.74) is 0. The van der Waals surface area contributed by atoms with Crippen molar-refractivity contribution in [3.63, 3.8) is 0 Å². The van der Waals surface area contributed by atoms with Gasteiger partial charge in [-0.1, -0.05) is 103 Å². The molecular weight excluding hydrogens is 380 g/mol. The molecule has 0 saturated carbocycles. The number of hydrogen-bond acceptors (Lipinski definition) is 5. The van der Waals surface area contributed by atoms with E-state index in [9.17, 15) is 10.2 Å². The Kier molecular flexibility index (Phi) is 17.7. The molecule has 0 spiro atoms. The van der Waals surface area contributed by atoms with Crippen molar-refractivity contribution < 1.29 is 24.8 Å². The van der Waals surface area contributed by atoms with E-state index < -0.39 is 31.0 Å². The van der Waals surface area contributed by atoms with Gasteiger partial charge in [0.25, 0.3) is 0 Å². The van der Waals surface area contributed by atoms with Crippen LogP contribution >= 0.6 is 0 Å². The zero-order valence-electron chi connectivity index (χ0n) is 19.4. The van der Waals surface area contributed by atoms with Crippen LogP contribution in [0.1, 0.15) is 103 Å². The molecule has 0 aliphatic carbocycles. The third-order valence-corrected chi connectivity index (χ3v) is 6.00. The van der Waals surface area contributed by atoms with E-state index in [1.165, 1.54) is 89.9 Å². The van der Waals surface area contributed by atoms with Gasteiger partial charge in [0.2, 0.25) is 0 Å². The number of ether oxygens (including phenoxy) is 2.